The second-order valence-electron chi connectivity index (χ2n) is 10.1. The zero-order valence-electron chi connectivity index (χ0n) is 25.9. The molecule has 45 heavy (non-hydrogen) atoms. The van der Waals surface area contributed by atoms with Crippen LogP contribution in [0, 0.1) is 13.8 Å². The summed E-state index contributed by atoms with van der Waals surface area (Å²) in [6.45, 7) is 5.42. The number of H-pyrrole nitrogens is 2. The molecular formula is C37H35N3O5. The normalized spacial score (nSPS) is 10.5. The molecule has 0 aliphatic carbocycles. The molecule has 6 rings (SSSR count). The number of carbonyl (C=O) groups is 3. The highest BCUT2D eigenvalue weighted by atomic mass is 16.5. The molecule has 0 radical (unpaired) electrons. The average molecular weight is 602 g/mol. The maximum absolute atomic E-state index is 12.2. The molecule has 0 bridgehead atoms. The van der Waals surface area contributed by atoms with Crippen LogP contribution in [0.25, 0.3) is 27.9 Å². The summed E-state index contributed by atoms with van der Waals surface area (Å²) in [5, 5.41) is 1.96. The monoisotopic (exact) mass is 601 g/mol. The molecule has 0 atom stereocenters. The Bertz CT molecular complexity index is 1950. The summed E-state index contributed by atoms with van der Waals surface area (Å²) >= 11 is 0. The van der Waals surface area contributed by atoms with Gasteiger partial charge in [-0.15, -0.1) is 0 Å². The molecule has 2 N–H and O–H groups in total. The van der Waals surface area contributed by atoms with Crippen LogP contribution in [0.15, 0.2) is 97.3 Å². The van der Waals surface area contributed by atoms with Crippen molar-refractivity contribution in [3.63, 3.8) is 0 Å². The molecule has 0 saturated carbocycles. The van der Waals surface area contributed by atoms with E-state index >= 15 is 0 Å². The third-order valence-corrected chi connectivity index (χ3v) is 7.15. The molecular weight excluding hydrogens is 566 g/mol. The van der Waals surface area contributed by atoms with Gasteiger partial charge in [0.25, 0.3) is 0 Å². The predicted octanol–water partition coefficient (Wildman–Crippen LogP) is 7.96. The molecule has 0 amide bonds. The highest BCUT2D eigenvalue weighted by molar-refractivity contribution is 6.08. The van der Waals surface area contributed by atoms with Crippen LogP contribution in [0.1, 0.15) is 54.9 Å². The molecule has 228 valence electrons. The van der Waals surface area contributed by atoms with Gasteiger partial charge in [-0.2, -0.15) is 0 Å². The number of aromatic amines is 2. The molecule has 0 unspecified atom stereocenters. The van der Waals surface area contributed by atoms with Gasteiger partial charge < -0.3 is 19.4 Å². The smallest absolute Gasteiger partial charge is 0.185 e. The van der Waals surface area contributed by atoms with Crippen LogP contribution >= 0.6 is 0 Å². The molecule has 3 heterocycles. The van der Waals surface area contributed by atoms with E-state index in [2.05, 4.69) is 15.0 Å². The number of pyridine rings is 1. The number of hydrogen-bond acceptors (Lipinski definition) is 6. The van der Waals surface area contributed by atoms with Crippen molar-refractivity contribution in [3.8, 4) is 11.5 Å². The van der Waals surface area contributed by atoms with E-state index in [0.29, 0.717) is 16.7 Å². The van der Waals surface area contributed by atoms with Gasteiger partial charge in [0.05, 0.1) is 14.2 Å². The number of aryl methyl sites for hydroxylation is 2. The summed E-state index contributed by atoms with van der Waals surface area (Å²) in [7, 11) is 3.26. The van der Waals surface area contributed by atoms with Crippen LogP contribution in [-0.4, -0.2) is 47.0 Å². The fourth-order valence-electron chi connectivity index (χ4n) is 4.72. The molecule has 8 nitrogen and oxygen atoms in total. The zero-order valence-corrected chi connectivity index (χ0v) is 25.9. The largest absolute Gasteiger partial charge is 0.497 e. The number of ketones is 2. The number of fused-ring (bicyclic) bond motifs is 2. The Hall–Kier alpha value is -5.76. The third kappa shape index (κ3) is 8.00. The van der Waals surface area contributed by atoms with Gasteiger partial charge in [-0.1, -0.05) is 30.3 Å². The molecule has 0 aliphatic rings. The predicted molar refractivity (Wildman–Crippen MR) is 179 cm³/mol. The Morgan fingerprint density at radius 2 is 1.24 bits per heavy atom. The van der Waals surface area contributed by atoms with Gasteiger partial charge in [0, 0.05) is 67.8 Å². The number of methoxy groups -OCH3 is 2. The second-order valence-corrected chi connectivity index (χ2v) is 10.1. The minimum atomic E-state index is -0.00255. The number of allylic oxidation sites excluding steroid dienone is 1. The molecule has 0 fully saturated rings. The SMILES string of the molecule is CC(=O)c1ccncc1.COc1ccc2[nH]c(C)c(/C=C/C(=O)c3ccccc3)c2c1.COc1ccc2[nH]c(C)c(C=O)c2c1. The molecule has 0 aliphatic heterocycles. The van der Waals surface area contributed by atoms with Crippen molar-refractivity contribution in [2.45, 2.75) is 20.8 Å². The number of benzene rings is 3. The molecule has 0 saturated heterocycles. The number of nitrogens with one attached hydrogen (secondary N) is 2. The van der Waals surface area contributed by atoms with Crippen molar-refractivity contribution < 1.29 is 23.9 Å². The number of Topliss-reactive ketones (excluding diaryl/α,β-unsaturated/α-hetero) is 1. The lowest BCUT2D eigenvalue weighted by Gasteiger charge is -2.00. The second kappa shape index (κ2) is 15.1. The maximum Gasteiger partial charge on any atom is 0.185 e. The summed E-state index contributed by atoms with van der Waals surface area (Å²) in [5.41, 5.74) is 7.04. The number of carbonyl (C=O) groups excluding carboxylic acids is 3. The third-order valence-electron chi connectivity index (χ3n) is 7.15. The molecule has 0 spiro atoms. The lowest BCUT2D eigenvalue weighted by Crippen LogP contribution is -1.92. The van der Waals surface area contributed by atoms with Crippen LogP contribution in [-0.2, 0) is 0 Å². The van der Waals surface area contributed by atoms with Crippen molar-refractivity contribution in [3.05, 3.63) is 131 Å². The van der Waals surface area contributed by atoms with Gasteiger partial charge >= 0.3 is 0 Å². The fourth-order valence-corrected chi connectivity index (χ4v) is 4.72. The first-order chi connectivity index (χ1) is 21.7. The van der Waals surface area contributed by atoms with E-state index < -0.39 is 0 Å². The van der Waals surface area contributed by atoms with Crippen molar-refractivity contribution in [1.82, 2.24) is 15.0 Å². The summed E-state index contributed by atoms with van der Waals surface area (Å²) < 4.78 is 10.4. The van der Waals surface area contributed by atoms with Crippen molar-refractivity contribution >= 4 is 45.7 Å². The summed E-state index contributed by atoms with van der Waals surface area (Å²) in [6.07, 6.45) is 7.56. The summed E-state index contributed by atoms with van der Waals surface area (Å²) in [4.78, 5) is 43.9. The quantitative estimate of drug-likeness (QED) is 0.109. The van der Waals surface area contributed by atoms with E-state index in [1.165, 1.54) is 6.92 Å². The number of nitrogens with zero attached hydrogens (tertiary/aromatic N) is 1. The number of hydrogen-bond donors (Lipinski definition) is 2. The lowest BCUT2D eigenvalue weighted by molar-refractivity contribution is 0.101. The number of aldehydes is 1. The summed E-state index contributed by atoms with van der Waals surface area (Å²) in [5.74, 6) is 1.64. The molecule has 6 aromatic rings. The van der Waals surface area contributed by atoms with Crippen molar-refractivity contribution in [2.24, 2.45) is 0 Å². The van der Waals surface area contributed by atoms with Crippen molar-refractivity contribution in [1.29, 1.82) is 0 Å². The van der Waals surface area contributed by atoms with Crippen LogP contribution < -0.4 is 9.47 Å². The van der Waals surface area contributed by atoms with Gasteiger partial charge in [0.2, 0.25) is 0 Å². The van der Waals surface area contributed by atoms with Crippen molar-refractivity contribution in [2.75, 3.05) is 14.2 Å². The number of rotatable bonds is 7. The van der Waals surface area contributed by atoms with Crippen LogP contribution in [0.4, 0.5) is 0 Å². The Morgan fingerprint density at radius 1 is 0.711 bits per heavy atom. The Morgan fingerprint density at radius 3 is 1.73 bits per heavy atom. The molecule has 3 aromatic carbocycles. The van der Waals surface area contributed by atoms with Crippen LogP contribution in [0.2, 0.25) is 0 Å². The van der Waals surface area contributed by atoms with Gasteiger partial charge in [-0.05, 0) is 81.5 Å². The van der Waals surface area contributed by atoms with E-state index in [4.69, 9.17) is 9.47 Å². The Labute approximate surface area is 261 Å². The summed E-state index contributed by atoms with van der Waals surface area (Å²) in [6, 6.07) is 24.2. The topological polar surface area (TPSA) is 114 Å². The minimum Gasteiger partial charge on any atom is -0.497 e. The Kier molecular flexibility index (Phi) is 10.8. The van der Waals surface area contributed by atoms with Gasteiger partial charge in [-0.3, -0.25) is 19.4 Å². The highest BCUT2D eigenvalue weighted by Gasteiger charge is 2.09. The first-order valence-electron chi connectivity index (χ1n) is 14.2. The first kappa shape index (κ1) is 32.2. The first-order valence-corrected chi connectivity index (χ1v) is 14.2. The van der Waals surface area contributed by atoms with E-state index in [1.54, 1.807) is 44.8 Å². The number of aromatic nitrogens is 3. The van der Waals surface area contributed by atoms with E-state index in [-0.39, 0.29) is 11.6 Å². The van der Waals surface area contributed by atoms with Gasteiger partial charge in [0.1, 0.15) is 11.5 Å². The fraction of sp³-hybridized carbons (Fsp3) is 0.135. The van der Waals surface area contributed by atoms with Crippen LogP contribution in [0.5, 0.6) is 11.5 Å². The van der Waals surface area contributed by atoms with Gasteiger partial charge in [0.15, 0.2) is 17.9 Å². The van der Waals surface area contributed by atoms with E-state index in [1.807, 2.05) is 86.7 Å². The lowest BCUT2D eigenvalue weighted by atomic mass is 10.1. The number of ether oxygens (including phenoxy) is 2. The van der Waals surface area contributed by atoms with E-state index in [9.17, 15) is 14.4 Å². The molecule has 3 aromatic heterocycles. The average Bonchev–Trinajstić information content (AvgIpc) is 3.57. The maximum atomic E-state index is 12.2. The van der Waals surface area contributed by atoms with E-state index in [0.717, 1.165) is 56.5 Å². The molecule has 8 heteroatoms. The van der Waals surface area contributed by atoms with Gasteiger partial charge in [-0.25, -0.2) is 0 Å². The minimum absolute atomic E-state index is 0.00255. The van der Waals surface area contributed by atoms with Crippen LogP contribution in [0.3, 0.4) is 0 Å². The zero-order chi connectivity index (χ0) is 32.3. The standard InChI is InChI=1S/C19H17NO2.C11H11NO2.C7H7NO/c1-13-16(9-11-19(21)14-6-4-3-5-7-14)17-12-15(22-2)8-10-18(17)20-13;1-7-10(6-13)9-5-8(14-2)3-4-11(9)12-7;1-6(9)7-2-4-8-5-3-7/h3-12,20H,1-2H3;3-6,12H,1-2H3;2-5H,1H3/b11-9+;;. The highest BCUT2D eigenvalue weighted by Crippen LogP contribution is 2.28. The Balaban J connectivity index is 0.000000171.